The van der Waals surface area contributed by atoms with Crippen molar-refractivity contribution in [3.63, 3.8) is 0 Å². The van der Waals surface area contributed by atoms with E-state index in [1.165, 1.54) is 31.2 Å². The van der Waals surface area contributed by atoms with E-state index in [1.54, 1.807) is 6.08 Å². The molecule has 3 aliphatic rings. The quantitative estimate of drug-likeness (QED) is 0.269. The molecule has 0 radical (unpaired) electrons. The van der Waals surface area contributed by atoms with Crippen LogP contribution in [-0.2, 0) is 19.1 Å². The summed E-state index contributed by atoms with van der Waals surface area (Å²) in [5.74, 6) is -1.44. The Bertz CT molecular complexity index is 793. The molecule has 1 aliphatic heterocycles. The van der Waals surface area contributed by atoms with Gasteiger partial charge in [0.15, 0.2) is 5.60 Å². The lowest BCUT2D eigenvalue weighted by molar-refractivity contribution is -0.194. The third-order valence-electron chi connectivity index (χ3n) is 7.08. The van der Waals surface area contributed by atoms with Gasteiger partial charge in [0.05, 0.1) is 12.2 Å². The minimum Gasteiger partial charge on any atom is -0.459 e. The van der Waals surface area contributed by atoms with Gasteiger partial charge in [-0.2, -0.15) is 0 Å². The molecule has 1 heterocycles. The molecule has 0 amide bonds. The lowest BCUT2D eigenvalue weighted by Gasteiger charge is -2.59. The van der Waals surface area contributed by atoms with Crippen molar-refractivity contribution in [2.45, 2.75) is 70.9 Å². The van der Waals surface area contributed by atoms with Crippen LogP contribution in [0.2, 0.25) is 0 Å². The Morgan fingerprint density at radius 3 is 2.63 bits per heavy atom. The van der Waals surface area contributed by atoms with E-state index in [0.717, 1.165) is 12.8 Å². The molecule has 30 heavy (non-hydrogen) atoms. The van der Waals surface area contributed by atoms with Gasteiger partial charge in [-0.15, -0.1) is 0 Å². The molecule has 6 atom stereocenters. The highest BCUT2D eigenvalue weighted by Crippen LogP contribution is 2.63. The van der Waals surface area contributed by atoms with Crippen LogP contribution < -0.4 is 0 Å². The molecule has 7 heteroatoms. The topological polar surface area (TPSA) is 113 Å². The van der Waals surface area contributed by atoms with Crippen molar-refractivity contribution in [1.29, 1.82) is 0 Å². The summed E-state index contributed by atoms with van der Waals surface area (Å²) in [4.78, 5) is 25.0. The zero-order chi connectivity index (χ0) is 22.3. The van der Waals surface area contributed by atoms with Crippen molar-refractivity contribution in [2.75, 3.05) is 6.61 Å². The van der Waals surface area contributed by atoms with E-state index in [-0.39, 0.29) is 17.9 Å². The second kappa shape index (κ2) is 7.94. The predicted octanol–water partition coefficient (Wildman–Crippen LogP) is 1.81. The lowest BCUT2D eigenvalue weighted by Crippen LogP contribution is -2.65. The smallest absolute Gasteiger partial charge is 0.343 e. The van der Waals surface area contributed by atoms with Gasteiger partial charge in [0.2, 0.25) is 0 Å². The highest BCUT2D eigenvalue weighted by molar-refractivity contribution is 5.88. The van der Waals surface area contributed by atoms with Gasteiger partial charge in [-0.1, -0.05) is 45.4 Å². The van der Waals surface area contributed by atoms with E-state index in [1.807, 2.05) is 6.92 Å². The molecular formula is C23H32O7. The van der Waals surface area contributed by atoms with Crippen LogP contribution in [0.4, 0.5) is 0 Å². The van der Waals surface area contributed by atoms with Crippen LogP contribution in [0, 0.1) is 16.7 Å². The first-order chi connectivity index (χ1) is 13.9. The van der Waals surface area contributed by atoms with Gasteiger partial charge < -0.3 is 24.8 Å². The first-order valence-electron chi connectivity index (χ1n) is 10.5. The normalized spacial score (nSPS) is 37.3. The summed E-state index contributed by atoms with van der Waals surface area (Å²) in [6.07, 6.45) is 7.07. The summed E-state index contributed by atoms with van der Waals surface area (Å²) in [6.45, 7) is 7.52. The summed E-state index contributed by atoms with van der Waals surface area (Å²) in [6, 6.07) is 0. The maximum absolute atomic E-state index is 12.5. The third kappa shape index (κ3) is 3.63. The van der Waals surface area contributed by atoms with Crippen LogP contribution in [0.5, 0.6) is 0 Å². The summed E-state index contributed by atoms with van der Waals surface area (Å²) in [5, 5.41) is 30.2. The molecule has 0 bridgehead atoms. The number of cyclic esters (lactones) is 1. The molecule has 0 aromatic carbocycles. The molecule has 0 spiro atoms. The maximum Gasteiger partial charge on any atom is 0.343 e. The SMILES string of the molecule is CC(O)C(O)/C=C/C=C/C(=O)O[C@@H]1C=C2COC(=O)[C@]2(O)[C@@]2(C)CCCC(C)(C)C12. The van der Waals surface area contributed by atoms with E-state index < -0.39 is 41.3 Å². The predicted molar refractivity (Wildman–Crippen MR) is 109 cm³/mol. The van der Waals surface area contributed by atoms with E-state index in [9.17, 15) is 24.9 Å². The summed E-state index contributed by atoms with van der Waals surface area (Å²) >= 11 is 0. The number of hydrogen-bond donors (Lipinski definition) is 3. The minimum atomic E-state index is -1.69. The molecule has 7 nitrogen and oxygen atoms in total. The fourth-order valence-electron chi connectivity index (χ4n) is 5.59. The van der Waals surface area contributed by atoms with E-state index >= 15 is 0 Å². The van der Waals surface area contributed by atoms with Crippen molar-refractivity contribution in [1.82, 2.24) is 0 Å². The third-order valence-corrected chi connectivity index (χ3v) is 7.08. The van der Waals surface area contributed by atoms with Crippen LogP contribution in [-0.4, -0.2) is 57.8 Å². The van der Waals surface area contributed by atoms with Gasteiger partial charge >= 0.3 is 11.9 Å². The lowest BCUT2D eigenvalue weighted by atomic mass is 9.46. The Labute approximate surface area is 177 Å². The van der Waals surface area contributed by atoms with Gasteiger partial charge in [0.25, 0.3) is 0 Å². The summed E-state index contributed by atoms with van der Waals surface area (Å²) in [5.41, 5.74) is -2.29. The number of rotatable bonds is 5. The zero-order valence-electron chi connectivity index (χ0n) is 18.0. The van der Waals surface area contributed by atoms with Crippen molar-refractivity contribution >= 4 is 11.9 Å². The Kier molecular flexibility index (Phi) is 6.02. The van der Waals surface area contributed by atoms with Crippen molar-refractivity contribution < 1.29 is 34.4 Å². The molecule has 3 rings (SSSR count). The number of allylic oxidation sites excluding steroid dienone is 2. The minimum absolute atomic E-state index is 0.00192. The van der Waals surface area contributed by atoms with E-state index in [4.69, 9.17) is 9.47 Å². The number of carbonyl (C=O) groups excluding carboxylic acids is 2. The Morgan fingerprint density at radius 1 is 1.27 bits per heavy atom. The molecule has 1 saturated heterocycles. The maximum atomic E-state index is 12.5. The van der Waals surface area contributed by atoms with Gasteiger partial charge in [-0.25, -0.2) is 9.59 Å². The molecule has 2 fully saturated rings. The molecule has 0 aromatic heterocycles. The van der Waals surface area contributed by atoms with Crippen molar-refractivity contribution in [2.24, 2.45) is 16.7 Å². The Balaban J connectivity index is 1.86. The fraction of sp³-hybridized carbons (Fsp3) is 0.652. The van der Waals surface area contributed by atoms with Crippen LogP contribution in [0.25, 0.3) is 0 Å². The van der Waals surface area contributed by atoms with Crippen LogP contribution in [0.15, 0.2) is 36.0 Å². The van der Waals surface area contributed by atoms with Crippen LogP contribution in [0.1, 0.15) is 47.0 Å². The van der Waals surface area contributed by atoms with Crippen molar-refractivity contribution in [3.8, 4) is 0 Å². The fourth-order valence-corrected chi connectivity index (χ4v) is 5.59. The van der Waals surface area contributed by atoms with Gasteiger partial charge in [-0.05, 0) is 31.3 Å². The number of aliphatic hydroxyl groups is 3. The van der Waals surface area contributed by atoms with Crippen LogP contribution in [0.3, 0.4) is 0 Å². The highest BCUT2D eigenvalue weighted by Gasteiger charge is 2.69. The largest absolute Gasteiger partial charge is 0.459 e. The highest BCUT2D eigenvalue weighted by atomic mass is 16.6. The van der Waals surface area contributed by atoms with E-state index in [0.29, 0.717) is 12.0 Å². The number of fused-ring (bicyclic) bond motifs is 3. The average molecular weight is 421 g/mol. The molecule has 3 N–H and O–H groups in total. The van der Waals surface area contributed by atoms with Gasteiger partial charge in [0, 0.05) is 23.0 Å². The summed E-state index contributed by atoms with van der Waals surface area (Å²) in [7, 11) is 0. The average Bonchev–Trinajstić information content (AvgIpc) is 2.94. The van der Waals surface area contributed by atoms with Crippen molar-refractivity contribution in [3.05, 3.63) is 36.0 Å². The second-order valence-corrected chi connectivity index (χ2v) is 9.59. The molecule has 0 aromatic rings. The van der Waals surface area contributed by atoms with Gasteiger partial charge in [0.1, 0.15) is 12.7 Å². The first kappa shape index (κ1) is 22.7. The molecule has 1 saturated carbocycles. The molecule has 3 unspecified atom stereocenters. The molecular weight excluding hydrogens is 388 g/mol. The van der Waals surface area contributed by atoms with Gasteiger partial charge in [-0.3, -0.25) is 0 Å². The number of hydrogen-bond acceptors (Lipinski definition) is 7. The Morgan fingerprint density at radius 2 is 1.97 bits per heavy atom. The molecule has 166 valence electrons. The standard InChI is InChI=1S/C23H32O7/c1-14(24)16(25)8-5-6-9-18(26)30-17-12-15-13-29-20(27)23(15,28)22(4)11-7-10-21(2,3)19(17)22/h5-6,8-9,12,14,16-17,19,24-25,28H,7,10-11,13H2,1-4H3/b8-5+,9-6+/t14?,16?,17-,19?,22+,23+/m1/s1. The molecule has 2 aliphatic carbocycles. The number of esters is 2. The second-order valence-electron chi connectivity index (χ2n) is 9.59. The Hall–Kier alpha value is -1.96. The van der Waals surface area contributed by atoms with Crippen LogP contribution >= 0.6 is 0 Å². The number of ether oxygens (including phenoxy) is 2. The zero-order valence-corrected chi connectivity index (χ0v) is 18.0. The summed E-state index contributed by atoms with van der Waals surface area (Å²) < 4.78 is 11.0. The van der Waals surface area contributed by atoms with E-state index in [2.05, 4.69) is 13.8 Å². The number of aliphatic hydroxyl groups excluding tert-OH is 2. The number of carbonyl (C=O) groups is 2. The first-order valence-corrected chi connectivity index (χ1v) is 10.5. The monoisotopic (exact) mass is 420 g/mol.